The highest BCUT2D eigenvalue weighted by Gasteiger charge is 1.88. The van der Waals surface area contributed by atoms with Crippen LogP contribution in [0.2, 0.25) is 0 Å². The molecule has 0 heterocycles. The van der Waals surface area contributed by atoms with Crippen LogP contribution < -0.4 is 0 Å². The number of ether oxygens (including phenoxy) is 2. The van der Waals surface area contributed by atoms with Crippen molar-refractivity contribution >= 4 is 34.8 Å². The van der Waals surface area contributed by atoms with Crippen molar-refractivity contribution in [3.63, 3.8) is 0 Å². The standard InChI is InChI=1S/C8H12N2O2S2/c13-7-9-1-3-11-5-6-12-4-2-10-8-14/h1-6H2. The largest absolute Gasteiger partial charge is 0.377 e. The molecule has 0 aliphatic rings. The quantitative estimate of drug-likeness (QED) is 0.341. The van der Waals surface area contributed by atoms with Gasteiger partial charge < -0.3 is 9.47 Å². The summed E-state index contributed by atoms with van der Waals surface area (Å²) in [5.74, 6) is 0. The molecule has 0 spiro atoms. The van der Waals surface area contributed by atoms with Crippen molar-refractivity contribution in [3.8, 4) is 0 Å². The highest BCUT2D eigenvalue weighted by molar-refractivity contribution is 7.78. The van der Waals surface area contributed by atoms with Crippen LogP contribution in [0, 0.1) is 0 Å². The molecular weight excluding hydrogens is 220 g/mol. The maximum Gasteiger partial charge on any atom is 0.0727 e. The Hall–Kier alpha value is -0.480. The van der Waals surface area contributed by atoms with E-state index in [1.54, 1.807) is 0 Å². The monoisotopic (exact) mass is 232 g/mol. The van der Waals surface area contributed by atoms with Crippen LogP contribution in [0.4, 0.5) is 0 Å². The summed E-state index contributed by atoms with van der Waals surface area (Å²) in [4.78, 5) is 7.39. The number of rotatable bonds is 9. The average Bonchev–Trinajstić information content (AvgIpc) is 2.21. The molecule has 0 fully saturated rings. The van der Waals surface area contributed by atoms with Crippen LogP contribution in [0.25, 0.3) is 0 Å². The number of thiocarbonyl (C=S) groups is 2. The highest BCUT2D eigenvalue weighted by Crippen LogP contribution is 1.80. The van der Waals surface area contributed by atoms with E-state index in [1.807, 2.05) is 0 Å². The van der Waals surface area contributed by atoms with E-state index < -0.39 is 0 Å². The number of nitrogens with zero attached hydrogens (tertiary/aromatic N) is 2. The van der Waals surface area contributed by atoms with Gasteiger partial charge in [-0.3, -0.25) is 0 Å². The van der Waals surface area contributed by atoms with Gasteiger partial charge in [-0.25, -0.2) is 9.98 Å². The summed E-state index contributed by atoms with van der Waals surface area (Å²) in [7, 11) is 0. The van der Waals surface area contributed by atoms with Gasteiger partial charge in [-0.05, 0) is 24.4 Å². The van der Waals surface area contributed by atoms with E-state index in [2.05, 4.69) is 44.7 Å². The van der Waals surface area contributed by atoms with E-state index in [9.17, 15) is 0 Å². The van der Waals surface area contributed by atoms with Crippen LogP contribution in [0.5, 0.6) is 0 Å². The Morgan fingerprint density at radius 3 is 1.57 bits per heavy atom. The number of aliphatic imine (C=N–C) groups is 2. The summed E-state index contributed by atoms with van der Waals surface area (Å²) in [5.41, 5.74) is 0. The molecule has 0 N–H and O–H groups in total. The van der Waals surface area contributed by atoms with Gasteiger partial charge in [0, 0.05) is 0 Å². The second kappa shape index (κ2) is 12.5. The zero-order chi connectivity index (χ0) is 10.5. The average molecular weight is 232 g/mol. The van der Waals surface area contributed by atoms with Gasteiger partial charge in [-0.2, -0.15) is 0 Å². The topological polar surface area (TPSA) is 43.2 Å². The minimum atomic E-state index is 0.547. The van der Waals surface area contributed by atoms with Gasteiger partial charge in [0.2, 0.25) is 0 Å². The van der Waals surface area contributed by atoms with E-state index in [4.69, 9.17) is 9.47 Å². The molecule has 0 radical (unpaired) electrons. The van der Waals surface area contributed by atoms with E-state index >= 15 is 0 Å². The molecule has 0 unspecified atom stereocenters. The maximum atomic E-state index is 5.17. The molecule has 0 saturated carbocycles. The van der Waals surface area contributed by atoms with E-state index in [0.29, 0.717) is 39.5 Å². The highest BCUT2D eigenvalue weighted by atomic mass is 32.1. The summed E-state index contributed by atoms with van der Waals surface area (Å²) in [5, 5.41) is 4.52. The zero-order valence-electron chi connectivity index (χ0n) is 7.77. The van der Waals surface area contributed by atoms with Gasteiger partial charge in [0.15, 0.2) is 0 Å². The van der Waals surface area contributed by atoms with Crippen molar-refractivity contribution in [2.24, 2.45) is 9.98 Å². The molecule has 4 nitrogen and oxygen atoms in total. The molecule has 6 heteroatoms. The van der Waals surface area contributed by atoms with Gasteiger partial charge in [-0.15, -0.1) is 0 Å². The molecule has 0 atom stereocenters. The van der Waals surface area contributed by atoms with Crippen molar-refractivity contribution < 1.29 is 9.47 Å². The Bertz CT molecular complexity index is 199. The van der Waals surface area contributed by atoms with Gasteiger partial charge in [-0.1, -0.05) is 0 Å². The predicted molar refractivity (Wildman–Crippen MR) is 61.4 cm³/mol. The van der Waals surface area contributed by atoms with Crippen LogP contribution in [0.15, 0.2) is 9.98 Å². The Labute approximate surface area is 94.0 Å². The number of hydrogen-bond acceptors (Lipinski definition) is 6. The van der Waals surface area contributed by atoms with E-state index in [-0.39, 0.29) is 0 Å². The third kappa shape index (κ3) is 11.5. The summed E-state index contributed by atoms with van der Waals surface area (Å²) >= 11 is 8.78. The van der Waals surface area contributed by atoms with E-state index in [0.717, 1.165) is 0 Å². The Morgan fingerprint density at radius 1 is 0.786 bits per heavy atom. The SMILES string of the molecule is S=C=NCCOCCOCCN=C=S. The first-order valence-electron chi connectivity index (χ1n) is 4.14. The van der Waals surface area contributed by atoms with Gasteiger partial charge in [0.05, 0.1) is 49.8 Å². The maximum absolute atomic E-state index is 5.17. The van der Waals surface area contributed by atoms with Gasteiger partial charge in [0.1, 0.15) is 0 Å². The Balaban J connectivity index is 2.98. The molecule has 0 bridgehead atoms. The lowest BCUT2D eigenvalue weighted by Gasteiger charge is -2.02. The molecule has 0 amide bonds. The molecule has 0 aromatic carbocycles. The van der Waals surface area contributed by atoms with Crippen LogP contribution >= 0.6 is 24.4 Å². The molecule has 0 aliphatic heterocycles. The first-order chi connectivity index (χ1) is 6.91. The molecule has 0 aliphatic carbocycles. The summed E-state index contributed by atoms with van der Waals surface area (Å²) in [6.07, 6.45) is 0. The summed E-state index contributed by atoms with van der Waals surface area (Å²) < 4.78 is 10.3. The van der Waals surface area contributed by atoms with Crippen LogP contribution in [0.3, 0.4) is 0 Å². The third-order valence-electron chi connectivity index (χ3n) is 1.20. The van der Waals surface area contributed by atoms with Gasteiger partial charge >= 0.3 is 0 Å². The molecule has 14 heavy (non-hydrogen) atoms. The summed E-state index contributed by atoms with van der Waals surface area (Å²) in [6.45, 7) is 3.30. The zero-order valence-corrected chi connectivity index (χ0v) is 9.40. The lowest BCUT2D eigenvalue weighted by molar-refractivity contribution is 0.0542. The van der Waals surface area contributed by atoms with Crippen molar-refractivity contribution in [1.29, 1.82) is 0 Å². The minimum Gasteiger partial charge on any atom is -0.377 e. The fourth-order valence-electron chi connectivity index (χ4n) is 0.634. The molecule has 0 saturated heterocycles. The summed E-state index contributed by atoms with van der Waals surface area (Å²) in [6, 6.07) is 0. The third-order valence-corrected chi connectivity index (χ3v) is 1.45. The first-order valence-corrected chi connectivity index (χ1v) is 4.96. The van der Waals surface area contributed by atoms with Crippen molar-refractivity contribution in [3.05, 3.63) is 0 Å². The van der Waals surface area contributed by atoms with Crippen molar-refractivity contribution in [2.45, 2.75) is 0 Å². The van der Waals surface area contributed by atoms with Crippen LogP contribution in [-0.4, -0.2) is 49.8 Å². The van der Waals surface area contributed by atoms with Crippen molar-refractivity contribution in [2.75, 3.05) is 39.5 Å². The fourth-order valence-corrected chi connectivity index (χ4v) is 0.816. The van der Waals surface area contributed by atoms with Crippen LogP contribution in [0.1, 0.15) is 0 Å². The minimum absolute atomic E-state index is 0.547. The lowest BCUT2D eigenvalue weighted by atomic mass is 10.7. The predicted octanol–water partition coefficient (Wildman–Crippen LogP) is 1.23. The van der Waals surface area contributed by atoms with Crippen molar-refractivity contribution in [1.82, 2.24) is 0 Å². The molecular formula is C8H12N2O2S2. The first kappa shape index (κ1) is 13.5. The number of isothiocyanates is 2. The normalized spacial score (nSPS) is 8.86. The molecule has 0 aromatic rings. The van der Waals surface area contributed by atoms with E-state index in [1.165, 1.54) is 0 Å². The van der Waals surface area contributed by atoms with Gasteiger partial charge in [0.25, 0.3) is 0 Å². The number of hydrogen-bond donors (Lipinski definition) is 0. The van der Waals surface area contributed by atoms with Crippen LogP contribution in [-0.2, 0) is 9.47 Å². The molecule has 78 valence electrons. The molecule has 0 aromatic heterocycles. The smallest absolute Gasteiger partial charge is 0.0727 e. The second-order valence-corrected chi connectivity index (χ2v) is 2.54. The molecule has 0 rings (SSSR count). The Kier molecular flexibility index (Phi) is 12.1. The second-order valence-electron chi connectivity index (χ2n) is 2.17. The Morgan fingerprint density at radius 2 is 1.21 bits per heavy atom. The fraction of sp³-hybridized carbons (Fsp3) is 0.750. The lowest BCUT2D eigenvalue weighted by Crippen LogP contribution is -2.08.